The number of piperazine rings is 1. The summed E-state index contributed by atoms with van der Waals surface area (Å²) in [5.74, 6) is 0.989. The van der Waals surface area contributed by atoms with E-state index in [2.05, 4.69) is 27.0 Å². The predicted molar refractivity (Wildman–Crippen MR) is 63.3 cm³/mol. The average Bonchev–Trinajstić information content (AvgIpc) is 2.32. The lowest BCUT2D eigenvalue weighted by Crippen LogP contribution is -2.44. The van der Waals surface area contributed by atoms with Gasteiger partial charge in [-0.2, -0.15) is 0 Å². The van der Waals surface area contributed by atoms with Crippen LogP contribution in [0.2, 0.25) is 0 Å². The van der Waals surface area contributed by atoms with Crippen molar-refractivity contribution in [2.24, 2.45) is 5.16 Å². The van der Waals surface area contributed by atoms with Gasteiger partial charge >= 0.3 is 0 Å². The van der Waals surface area contributed by atoms with Crippen molar-refractivity contribution in [3.8, 4) is 0 Å². The molecular formula is C11H16N4O. The molecule has 1 aliphatic rings. The van der Waals surface area contributed by atoms with Gasteiger partial charge in [-0.15, -0.1) is 0 Å². The van der Waals surface area contributed by atoms with Crippen LogP contribution in [0.25, 0.3) is 0 Å². The second-order valence-electron chi connectivity index (χ2n) is 3.98. The Balaban J connectivity index is 2.04. The summed E-state index contributed by atoms with van der Waals surface area (Å²) in [6.45, 7) is 4.16. The first-order chi connectivity index (χ1) is 7.79. The molecule has 5 nitrogen and oxygen atoms in total. The number of aromatic nitrogens is 1. The van der Waals surface area contributed by atoms with Crippen LogP contribution in [-0.2, 0) is 0 Å². The van der Waals surface area contributed by atoms with E-state index in [1.165, 1.54) is 6.21 Å². The molecule has 0 bridgehead atoms. The average molecular weight is 220 g/mol. The van der Waals surface area contributed by atoms with Crippen LogP contribution >= 0.6 is 0 Å². The van der Waals surface area contributed by atoms with Crippen molar-refractivity contribution in [1.82, 2.24) is 9.88 Å². The van der Waals surface area contributed by atoms with Gasteiger partial charge in [-0.05, 0) is 19.2 Å². The standard InChI is InChI=1S/C11H16N4O/c1-14-4-6-15(7-5-14)11-3-2-10(8-12-11)9-13-16/h2-3,8-9,16H,4-7H2,1H3/b13-9+. The number of rotatable bonds is 2. The van der Waals surface area contributed by atoms with Crippen molar-refractivity contribution in [2.75, 3.05) is 38.1 Å². The van der Waals surface area contributed by atoms with E-state index < -0.39 is 0 Å². The van der Waals surface area contributed by atoms with E-state index in [1.807, 2.05) is 12.1 Å². The molecule has 0 saturated carbocycles. The lowest BCUT2D eigenvalue weighted by Gasteiger charge is -2.33. The topological polar surface area (TPSA) is 52.0 Å². The summed E-state index contributed by atoms with van der Waals surface area (Å²) in [6.07, 6.45) is 3.09. The summed E-state index contributed by atoms with van der Waals surface area (Å²) in [5.41, 5.74) is 0.806. The lowest BCUT2D eigenvalue weighted by atomic mass is 10.3. The summed E-state index contributed by atoms with van der Waals surface area (Å²) in [7, 11) is 2.13. The molecule has 5 heteroatoms. The Labute approximate surface area is 95.0 Å². The minimum atomic E-state index is 0.806. The molecular weight excluding hydrogens is 204 g/mol. The molecule has 0 aromatic carbocycles. The maximum atomic E-state index is 8.39. The predicted octanol–water partition coefficient (Wildman–Crippen LogP) is 0.641. The van der Waals surface area contributed by atoms with Crippen molar-refractivity contribution in [3.63, 3.8) is 0 Å². The van der Waals surface area contributed by atoms with Crippen LogP contribution in [-0.4, -0.2) is 54.5 Å². The first kappa shape index (κ1) is 10.9. The van der Waals surface area contributed by atoms with Crippen LogP contribution in [0, 0.1) is 0 Å². The molecule has 0 atom stereocenters. The fraction of sp³-hybridized carbons (Fsp3) is 0.455. The van der Waals surface area contributed by atoms with Gasteiger partial charge in [0, 0.05) is 37.9 Å². The first-order valence-corrected chi connectivity index (χ1v) is 5.36. The molecule has 2 heterocycles. The van der Waals surface area contributed by atoms with Gasteiger partial charge in [-0.25, -0.2) is 4.98 Å². The Bertz CT molecular complexity index is 355. The highest BCUT2D eigenvalue weighted by molar-refractivity contribution is 5.78. The molecule has 0 amide bonds. The zero-order valence-corrected chi connectivity index (χ0v) is 9.37. The minimum Gasteiger partial charge on any atom is -0.411 e. The van der Waals surface area contributed by atoms with Gasteiger partial charge in [0.1, 0.15) is 5.82 Å². The second-order valence-corrected chi connectivity index (χ2v) is 3.98. The largest absolute Gasteiger partial charge is 0.411 e. The number of oxime groups is 1. The quantitative estimate of drug-likeness (QED) is 0.451. The lowest BCUT2D eigenvalue weighted by molar-refractivity contribution is 0.312. The summed E-state index contributed by atoms with van der Waals surface area (Å²) in [5, 5.41) is 11.4. The van der Waals surface area contributed by atoms with E-state index in [9.17, 15) is 0 Å². The van der Waals surface area contributed by atoms with Crippen molar-refractivity contribution in [3.05, 3.63) is 23.9 Å². The summed E-state index contributed by atoms with van der Waals surface area (Å²) in [6, 6.07) is 3.86. The maximum absolute atomic E-state index is 8.39. The van der Waals surface area contributed by atoms with E-state index in [0.717, 1.165) is 37.6 Å². The molecule has 1 saturated heterocycles. The van der Waals surface area contributed by atoms with Gasteiger partial charge in [-0.3, -0.25) is 0 Å². The van der Waals surface area contributed by atoms with Gasteiger partial charge in [0.2, 0.25) is 0 Å². The molecule has 16 heavy (non-hydrogen) atoms. The maximum Gasteiger partial charge on any atom is 0.128 e. The van der Waals surface area contributed by atoms with Gasteiger partial charge in [0.05, 0.1) is 6.21 Å². The molecule has 1 N–H and O–H groups in total. The highest BCUT2D eigenvalue weighted by Crippen LogP contribution is 2.12. The normalized spacial score (nSPS) is 18.2. The Morgan fingerprint density at radius 3 is 2.62 bits per heavy atom. The molecule has 86 valence electrons. The van der Waals surface area contributed by atoms with Gasteiger partial charge in [-0.1, -0.05) is 5.16 Å². The fourth-order valence-corrected chi connectivity index (χ4v) is 1.76. The molecule has 0 unspecified atom stereocenters. The van der Waals surface area contributed by atoms with Crippen LogP contribution in [0.5, 0.6) is 0 Å². The highest BCUT2D eigenvalue weighted by atomic mass is 16.4. The van der Waals surface area contributed by atoms with Crippen LogP contribution in [0.15, 0.2) is 23.5 Å². The Hall–Kier alpha value is -1.62. The van der Waals surface area contributed by atoms with E-state index >= 15 is 0 Å². The summed E-state index contributed by atoms with van der Waals surface area (Å²) >= 11 is 0. The van der Waals surface area contributed by atoms with Crippen LogP contribution in [0.4, 0.5) is 5.82 Å². The van der Waals surface area contributed by atoms with Gasteiger partial charge in [0.15, 0.2) is 0 Å². The summed E-state index contributed by atoms with van der Waals surface area (Å²) < 4.78 is 0. The van der Waals surface area contributed by atoms with Gasteiger partial charge in [0.25, 0.3) is 0 Å². The molecule has 1 aliphatic heterocycles. The third kappa shape index (κ3) is 2.49. The monoisotopic (exact) mass is 220 g/mol. The number of anilines is 1. The molecule has 1 fully saturated rings. The number of pyridine rings is 1. The highest BCUT2D eigenvalue weighted by Gasteiger charge is 2.14. The number of likely N-dealkylation sites (N-methyl/N-ethyl adjacent to an activating group) is 1. The third-order valence-corrected chi connectivity index (χ3v) is 2.80. The zero-order valence-electron chi connectivity index (χ0n) is 9.37. The fourth-order valence-electron chi connectivity index (χ4n) is 1.76. The van der Waals surface area contributed by atoms with Crippen molar-refractivity contribution in [1.29, 1.82) is 0 Å². The Kier molecular flexibility index (Phi) is 3.36. The number of hydrogen-bond acceptors (Lipinski definition) is 5. The molecule has 1 aromatic heterocycles. The van der Waals surface area contributed by atoms with Crippen LogP contribution in [0.3, 0.4) is 0 Å². The van der Waals surface area contributed by atoms with E-state index in [1.54, 1.807) is 6.20 Å². The van der Waals surface area contributed by atoms with Crippen molar-refractivity contribution >= 4 is 12.0 Å². The Morgan fingerprint density at radius 1 is 1.31 bits per heavy atom. The van der Waals surface area contributed by atoms with E-state index in [-0.39, 0.29) is 0 Å². The van der Waals surface area contributed by atoms with E-state index in [0.29, 0.717) is 0 Å². The first-order valence-electron chi connectivity index (χ1n) is 5.36. The SMILES string of the molecule is CN1CCN(c2ccc(/C=N/O)cn2)CC1. The van der Waals surface area contributed by atoms with Crippen molar-refractivity contribution < 1.29 is 5.21 Å². The molecule has 0 radical (unpaired) electrons. The minimum absolute atomic E-state index is 0.806. The zero-order chi connectivity index (χ0) is 11.4. The van der Waals surface area contributed by atoms with Gasteiger partial charge < -0.3 is 15.0 Å². The molecule has 1 aromatic rings. The molecule has 2 rings (SSSR count). The Morgan fingerprint density at radius 2 is 2.06 bits per heavy atom. The number of nitrogens with zero attached hydrogens (tertiary/aromatic N) is 4. The third-order valence-electron chi connectivity index (χ3n) is 2.80. The molecule has 0 spiro atoms. The molecule has 0 aliphatic carbocycles. The summed E-state index contributed by atoms with van der Waals surface area (Å²) in [4.78, 5) is 8.92. The second kappa shape index (κ2) is 4.94. The smallest absolute Gasteiger partial charge is 0.128 e. The van der Waals surface area contributed by atoms with Crippen molar-refractivity contribution in [2.45, 2.75) is 0 Å². The van der Waals surface area contributed by atoms with Crippen LogP contribution in [0.1, 0.15) is 5.56 Å². The number of hydrogen-bond donors (Lipinski definition) is 1. The van der Waals surface area contributed by atoms with Crippen LogP contribution < -0.4 is 4.90 Å². The van der Waals surface area contributed by atoms with E-state index in [4.69, 9.17) is 5.21 Å².